The Morgan fingerprint density at radius 3 is 3.10 bits per heavy atom. The molecule has 0 bridgehead atoms. The molecule has 0 aliphatic carbocycles. The van der Waals surface area contributed by atoms with Gasteiger partial charge in [0.1, 0.15) is 11.9 Å². The fourth-order valence-electron chi connectivity index (χ4n) is 2.47. The quantitative estimate of drug-likeness (QED) is 0.831. The van der Waals surface area contributed by atoms with Crippen molar-refractivity contribution in [1.82, 2.24) is 10.3 Å². The molecule has 4 nitrogen and oxygen atoms in total. The summed E-state index contributed by atoms with van der Waals surface area (Å²) in [6, 6.07) is 7.98. The van der Waals surface area contributed by atoms with Crippen LogP contribution in [-0.4, -0.2) is 23.5 Å². The largest absolute Gasteiger partial charge is 0.490 e. The summed E-state index contributed by atoms with van der Waals surface area (Å²) in [5, 5.41) is 3.86. The van der Waals surface area contributed by atoms with Gasteiger partial charge >= 0.3 is 0 Å². The Morgan fingerprint density at radius 2 is 2.35 bits per heavy atom. The number of ether oxygens (including phenoxy) is 1. The number of amides is 1. The first-order valence-corrected chi connectivity index (χ1v) is 7.69. The Labute approximate surface area is 131 Å². The van der Waals surface area contributed by atoms with E-state index in [9.17, 15) is 4.79 Å². The highest BCUT2D eigenvalue weighted by Crippen LogP contribution is 2.29. The van der Waals surface area contributed by atoms with Gasteiger partial charge in [-0.3, -0.25) is 9.78 Å². The molecular weight excluding hydrogens is 367 g/mol. The van der Waals surface area contributed by atoms with Crippen LogP contribution in [0.4, 0.5) is 0 Å². The molecule has 2 atom stereocenters. The van der Waals surface area contributed by atoms with E-state index in [-0.39, 0.29) is 17.9 Å². The van der Waals surface area contributed by atoms with Crippen molar-refractivity contribution in [3.63, 3.8) is 0 Å². The smallest absolute Gasteiger partial charge is 0.220 e. The van der Waals surface area contributed by atoms with Gasteiger partial charge in [-0.05, 0) is 53.8 Å². The second-order valence-corrected chi connectivity index (χ2v) is 6.31. The van der Waals surface area contributed by atoms with Gasteiger partial charge in [0.2, 0.25) is 5.91 Å². The molecule has 1 aromatic carbocycles. The summed E-state index contributed by atoms with van der Waals surface area (Å²) in [5.74, 6) is 1.18. The predicted octanol–water partition coefficient (Wildman–Crippen LogP) is 2.74. The van der Waals surface area contributed by atoms with Crippen LogP contribution < -0.4 is 10.1 Å². The molecule has 1 saturated heterocycles. The number of hydrogen-bond acceptors (Lipinski definition) is 3. The molecule has 3 rings (SSSR count). The first kappa shape index (κ1) is 13.6. The van der Waals surface area contributed by atoms with Gasteiger partial charge < -0.3 is 10.1 Å². The second-order valence-electron chi connectivity index (χ2n) is 5.07. The summed E-state index contributed by atoms with van der Waals surface area (Å²) >= 11 is 2.27. The maximum Gasteiger partial charge on any atom is 0.220 e. The van der Waals surface area contributed by atoms with Crippen molar-refractivity contribution in [2.24, 2.45) is 5.92 Å². The van der Waals surface area contributed by atoms with E-state index in [1.165, 1.54) is 0 Å². The molecule has 2 heterocycles. The Bertz CT molecular complexity index is 659. The van der Waals surface area contributed by atoms with E-state index in [0.717, 1.165) is 20.2 Å². The number of nitrogens with one attached hydrogen (secondary N) is 1. The molecular formula is C15H15IN2O2. The molecule has 1 amide bonds. The lowest BCUT2D eigenvalue weighted by Gasteiger charge is -2.20. The van der Waals surface area contributed by atoms with Crippen LogP contribution in [0.1, 0.15) is 13.3 Å². The number of pyridine rings is 1. The van der Waals surface area contributed by atoms with E-state index in [1.807, 2.05) is 31.2 Å². The van der Waals surface area contributed by atoms with Crippen molar-refractivity contribution in [2.45, 2.75) is 19.4 Å². The molecule has 2 aromatic rings. The maximum atomic E-state index is 11.3. The molecule has 20 heavy (non-hydrogen) atoms. The first-order chi connectivity index (χ1) is 9.63. The summed E-state index contributed by atoms with van der Waals surface area (Å²) in [6.07, 6.45) is 2.32. The highest BCUT2D eigenvalue weighted by Gasteiger charge is 2.28. The number of carbonyl (C=O) groups excluding carboxylic acids is 1. The van der Waals surface area contributed by atoms with E-state index in [2.05, 4.69) is 32.9 Å². The van der Waals surface area contributed by atoms with Crippen LogP contribution in [0.3, 0.4) is 0 Å². The number of nitrogens with zero attached hydrogens (tertiary/aromatic N) is 1. The average molecular weight is 382 g/mol. The van der Waals surface area contributed by atoms with Crippen molar-refractivity contribution >= 4 is 39.4 Å². The van der Waals surface area contributed by atoms with Gasteiger partial charge in [-0.15, -0.1) is 0 Å². The van der Waals surface area contributed by atoms with Crippen LogP contribution in [0.25, 0.3) is 10.9 Å². The molecule has 1 fully saturated rings. The Kier molecular flexibility index (Phi) is 3.78. The molecule has 0 radical (unpaired) electrons. The van der Waals surface area contributed by atoms with Crippen LogP contribution in [0.5, 0.6) is 5.75 Å². The molecule has 5 heteroatoms. The number of hydrogen-bond donors (Lipinski definition) is 1. The summed E-state index contributed by atoms with van der Waals surface area (Å²) in [7, 11) is 0. The van der Waals surface area contributed by atoms with E-state index >= 15 is 0 Å². The molecule has 0 spiro atoms. The van der Waals surface area contributed by atoms with Gasteiger partial charge in [-0.2, -0.15) is 0 Å². The van der Waals surface area contributed by atoms with E-state index in [1.54, 1.807) is 6.20 Å². The van der Waals surface area contributed by atoms with Crippen molar-refractivity contribution in [3.8, 4) is 5.75 Å². The minimum atomic E-state index is -0.00411. The van der Waals surface area contributed by atoms with Crippen LogP contribution in [-0.2, 0) is 4.79 Å². The Morgan fingerprint density at radius 1 is 1.50 bits per heavy atom. The summed E-state index contributed by atoms with van der Waals surface area (Å²) in [6.45, 7) is 2.72. The lowest BCUT2D eigenvalue weighted by Crippen LogP contribution is -2.25. The number of rotatable bonds is 3. The minimum absolute atomic E-state index is 0.00411. The lowest BCUT2D eigenvalue weighted by molar-refractivity contribution is -0.119. The number of carbonyl (C=O) groups is 1. The van der Waals surface area contributed by atoms with Crippen molar-refractivity contribution in [2.75, 3.05) is 6.54 Å². The number of fused-ring (bicyclic) bond motifs is 1. The molecule has 1 aromatic heterocycles. The fraction of sp³-hybridized carbons (Fsp3) is 0.333. The van der Waals surface area contributed by atoms with Gasteiger partial charge in [-0.1, -0.05) is 0 Å². The predicted molar refractivity (Wildman–Crippen MR) is 85.7 cm³/mol. The number of halogens is 1. The molecule has 1 aliphatic heterocycles. The van der Waals surface area contributed by atoms with Crippen LogP contribution in [0.15, 0.2) is 30.5 Å². The van der Waals surface area contributed by atoms with Crippen LogP contribution >= 0.6 is 22.6 Å². The second kappa shape index (κ2) is 5.55. The maximum absolute atomic E-state index is 11.3. The molecule has 104 valence electrons. The highest BCUT2D eigenvalue weighted by molar-refractivity contribution is 14.1. The van der Waals surface area contributed by atoms with Crippen molar-refractivity contribution in [1.29, 1.82) is 0 Å². The normalized spacial score (nSPS) is 19.9. The number of benzene rings is 1. The Balaban J connectivity index is 1.88. The molecule has 1 aliphatic rings. The van der Waals surface area contributed by atoms with E-state index in [0.29, 0.717) is 13.0 Å². The first-order valence-electron chi connectivity index (χ1n) is 6.61. The SMILES string of the molecule is C[C@@H](Oc1cc(I)cc2ncccc12)[C@H]1CNC(=O)C1. The van der Waals surface area contributed by atoms with Gasteiger partial charge in [0.25, 0.3) is 0 Å². The third-order valence-electron chi connectivity index (χ3n) is 3.63. The van der Waals surface area contributed by atoms with Gasteiger partial charge in [-0.25, -0.2) is 0 Å². The summed E-state index contributed by atoms with van der Waals surface area (Å²) < 4.78 is 7.20. The third-order valence-corrected chi connectivity index (χ3v) is 4.26. The van der Waals surface area contributed by atoms with Crippen molar-refractivity contribution < 1.29 is 9.53 Å². The van der Waals surface area contributed by atoms with Crippen molar-refractivity contribution in [3.05, 3.63) is 34.0 Å². The average Bonchev–Trinajstić information content (AvgIpc) is 2.85. The zero-order valence-corrected chi connectivity index (χ0v) is 13.3. The fourth-order valence-corrected chi connectivity index (χ4v) is 3.05. The number of aromatic nitrogens is 1. The van der Waals surface area contributed by atoms with Crippen LogP contribution in [0.2, 0.25) is 0 Å². The zero-order chi connectivity index (χ0) is 14.1. The molecule has 0 saturated carbocycles. The third kappa shape index (κ3) is 2.72. The minimum Gasteiger partial charge on any atom is -0.490 e. The summed E-state index contributed by atoms with van der Waals surface area (Å²) in [4.78, 5) is 15.7. The molecule has 1 N–H and O–H groups in total. The lowest BCUT2D eigenvalue weighted by atomic mass is 10.0. The van der Waals surface area contributed by atoms with Gasteiger partial charge in [0, 0.05) is 34.0 Å². The van der Waals surface area contributed by atoms with E-state index in [4.69, 9.17) is 4.74 Å². The van der Waals surface area contributed by atoms with Crippen LogP contribution in [0, 0.1) is 9.49 Å². The topological polar surface area (TPSA) is 51.2 Å². The summed E-state index contributed by atoms with van der Waals surface area (Å²) in [5.41, 5.74) is 0.933. The molecule has 0 unspecified atom stereocenters. The van der Waals surface area contributed by atoms with Gasteiger partial charge in [0.05, 0.1) is 5.52 Å². The standard InChI is InChI=1S/C15H15IN2O2/c1-9(10-5-15(19)18-8-10)20-14-7-11(16)6-13-12(14)3-2-4-17-13/h2-4,6-7,9-10H,5,8H2,1H3,(H,18,19)/t9-,10-/m1/s1. The monoisotopic (exact) mass is 382 g/mol. The van der Waals surface area contributed by atoms with E-state index < -0.39 is 0 Å². The highest BCUT2D eigenvalue weighted by atomic mass is 127. The van der Waals surface area contributed by atoms with Gasteiger partial charge in [0.15, 0.2) is 0 Å². The zero-order valence-electron chi connectivity index (χ0n) is 11.1. The Hall–Kier alpha value is -1.37.